The van der Waals surface area contributed by atoms with Gasteiger partial charge in [0.2, 0.25) is 29.5 Å². The van der Waals surface area contributed by atoms with Crippen LogP contribution in [0.2, 0.25) is 0 Å². The Bertz CT molecular complexity index is 2870. The molecule has 9 N–H and O–H groups in total. The Morgan fingerprint density at radius 1 is 0.684 bits per heavy atom. The fourth-order valence-corrected chi connectivity index (χ4v) is 11.3. The second-order valence-electron chi connectivity index (χ2n) is 21.4. The number of benzene rings is 4. The zero-order chi connectivity index (χ0) is 55.1. The van der Waals surface area contributed by atoms with E-state index < -0.39 is 83.6 Å². The van der Waals surface area contributed by atoms with Crippen LogP contribution in [0, 0.1) is 11.8 Å². The van der Waals surface area contributed by atoms with Crippen molar-refractivity contribution in [3.63, 3.8) is 0 Å². The van der Waals surface area contributed by atoms with Gasteiger partial charge in [-0.2, -0.15) is 0 Å². The number of aromatic amines is 1. The van der Waals surface area contributed by atoms with E-state index in [-0.39, 0.29) is 58.3 Å². The van der Waals surface area contributed by atoms with Crippen LogP contribution in [0.4, 0.5) is 4.79 Å². The number of fused-ring (bicyclic) bond motifs is 2. The Morgan fingerprint density at radius 3 is 2.10 bits per heavy atom. The SMILES string of the molecule is NCCNC(=O)O[C@@H]1C[C@H]2C(=O)N[C@@H](c3ccccc3)C(=O)N[C@H](Cc3c[nH]c4ccccc34)C(=O)C[C@@H](CN3CCNCC3)C(=O)N[C@@H](Cc3ccc(OCC4CCCCC4)cc3)C(=O)N[C@@H](Cc3ccccc3)C(=O)N2C1. The maximum atomic E-state index is 15.4. The molecule has 19 heteroatoms. The number of hydrogen-bond acceptors (Lipinski definition) is 12. The number of carbonyl (C=O) groups is 7. The number of nitrogens with zero attached hydrogens (tertiary/aromatic N) is 2. The molecule has 9 rings (SSSR count). The van der Waals surface area contributed by atoms with Crippen molar-refractivity contribution >= 4 is 52.3 Å². The quantitative estimate of drug-likeness (QED) is 0.0749. The van der Waals surface area contributed by atoms with Crippen molar-refractivity contribution < 1.29 is 43.0 Å². The number of ether oxygens (including phenoxy) is 2. The first-order valence-electron chi connectivity index (χ1n) is 28.0. The molecular formula is C60H74N10O9. The molecule has 0 bridgehead atoms. The summed E-state index contributed by atoms with van der Waals surface area (Å²) in [6.07, 6.45) is 5.46. The van der Waals surface area contributed by atoms with Gasteiger partial charge in [-0.15, -0.1) is 0 Å². The van der Waals surface area contributed by atoms with E-state index in [0.29, 0.717) is 61.1 Å². The van der Waals surface area contributed by atoms with Crippen molar-refractivity contribution in [3.05, 3.63) is 138 Å². The number of alkyl carbamates (subject to hydrolysis) is 1. The minimum absolute atomic E-state index is 0.00369. The number of para-hydroxylation sites is 1. The fraction of sp³-hybridized carbons (Fsp3) is 0.450. The molecule has 4 fully saturated rings. The molecule has 3 saturated heterocycles. The van der Waals surface area contributed by atoms with E-state index >= 15 is 28.8 Å². The predicted molar refractivity (Wildman–Crippen MR) is 297 cm³/mol. The van der Waals surface area contributed by atoms with E-state index in [0.717, 1.165) is 29.3 Å². The molecule has 5 aromatic rings. The number of carbonyl (C=O) groups excluding carboxylic acids is 7. The minimum Gasteiger partial charge on any atom is -0.493 e. The van der Waals surface area contributed by atoms with Crippen LogP contribution in [0.1, 0.15) is 73.2 Å². The van der Waals surface area contributed by atoms with Gasteiger partial charge in [-0.05, 0) is 59.2 Å². The van der Waals surface area contributed by atoms with Crippen molar-refractivity contribution in [1.29, 1.82) is 0 Å². The number of hydrogen-bond donors (Lipinski definition) is 8. The Morgan fingerprint density at radius 2 is 1.35 bits per heavy atom. The highest BCUT2D eigenvalue weighted by molar-refractivity contribution is 5.99. The lowest BCUT2D eigenvalue weighted by Gasteiger charge is -2.33. The second kappa shape index (κ2) is 27.3. The van der Waals surface area contributed by atoms with Crippen LogP contribution in [0.3, 0.4) is 0 Å². The number of Topliss-reactive ketones (excluding diaryl/α,β-unsaturated/α-hetero) is 1. The topological polar surface area (TPSA) is 258 Å². The fourth-order valence-electron chi connectivity index (χ4n) is 11.3. The normalized spacial score (nSPS) is 24.3. The average Bonchev–Trinajstić information content (AvgIpc) is 4.19. The van der Waals surface area contributed by atoms with Crippen LogP contribution >= 0.6 is 0 Å². The van der Waals surface area contributed by atoms with E-state index in [9.17, 15) is 4.79 Å². The van der Waals surface area contributed by atoms with Gasteiger partial charge in [0.05, 0.1) is 25.1 Å². The number of aromatic nitrogens is 1. The first kappa shape index (κ1) is 56.1. The number of amides is 6. The van der Waals surface area contributed by atoms with Gasteiger partial charge in [0.25, 0.3) is 0 Å². The summed E-state index contributed by atoms with van der Waals surface area (Å²) in [5, 5.41) is 18.7. The van der Waals surface area contributed by atoms with Gasteiger partial charge in [0.1, 0.15) is 36.0 Å². The standard InChI is InChI=1S/C60H74N10O9/c61-24-25-63-60(77)79-46-34-52-57(74)68-54(42-16-8-3-9-17-42)58(75)65-49(32-43-35-64-48-19-11-10-18-47(43)48)53(71)33-44(36-69-28-26-62-27-29-69)55(72)66-50(30-40-20-22-45(23-21-40)78-38-41-14-6-2-7-15-41)56(73)67-51(59(76)70(52)37-46)31-39-12-4-1-5-13-39/h1,3-5,8-13,16-23,35,41,44,46,49-52,54,62,64H,2,6-7,14-15,24-34,36-38,61H2,(H,63,77)(H,65,75)(H,66,72)(H,67,73)(H,68,74)/t44-,46+,49+,50-,51-,52-,54-/m0/s1. The van der Waals surface area contributed by atoms with E-state index in [1.165, 1.54) is 24.2 Å². The van der Waals surface area contributed by atoms with Crippen LogP contribution in [0.5, 0.6) is 5.75 Å². The summed E-state index contributed by atoms with van der Waals surface area (Å²) in [5.74, 6) is -3.56. The Labute approximate surface area is 460 Å². The monoisotopic (exact) mass is 1080 g/mol. The Hall–Kier alpha value is -7.61. The third-order valence-corrected chi connectivity index (χ3v) is 15.6. The third kappa shape index (κ3) is 15.2. The number of piperazine rings is 1. The Kier molecular flexibility index (Phi) is 19.4. The predicted octanol–water partition coefficient (Wildman–Crippen LogP) is 3.62. The van der Waals surface area contributed by atoms with Crippen molar-refractivity contribution in [1.82, 2.24) is 46.7 Å². The van der Waals surface area contributed by atoms with Crippen molar-refractivity contribution in [2.24, 2.45) is 17.6 Å². The number of ketones is 1. The van der Waals surface area contributed by atoms with E-state index in [1.54, 1.807) is 36.5 Å². The summed E-state index contributed by atoms with van der Waals surface area (Å²) in [4.78, 5) is 111. The summed E-state index contributed by atoms with van der Waals surface area (Å²) in [6.45, 7) is 3.37. The molecular weight excluding hydrogens is 1000 g/mol. The van der Waals surface area contributed by atoms with Gasteiger partial charge in [-0.25, -0.2) is 4.79 Å². The zero-order valence-corrected chi connectivity index (χ0v) is 44.7. The Balaban J connectivity index is 1.10. The minimum atomic E-state index is -1.38. The molecule has 0 spiro atoms. The lowest BCUT2D eigenvalue weighted by Crippen LogP contribution is -2.59. The van der Waals surface area contributed by atoms with Crippen LogP contribution in [0.15, 0.2) is 115 Å². The van der Waals surface area contributed by atoms with E-state index in [1.807, 2.05) is 78.9 Å². The van der Waals surface area contributed by atoms with Gasteiger partial charge in [0, 0.05) is 95.0 Å². The first-order valence-corrected chi connectivity index (χ1v) is 28.0. The summed E-state index contributed by atoms with van der Waals surface area (Å²) < 4.78 is 12.0. The molecule has 1 aliphatic carbocycles. The molecule has 79 heavy (non-hydrogen) atoms. The van der Waals surface area contributed by atoms with E-state index in [4.69, 9.17) is 15.2 Å². The number of nitrogens with two attached hydrogens (primary N) is 1. The zero-order valence-electron chi connectivity index (χ0n) is 44.7. The van der Waals surface area contributed by atoms with Crippen LogP contribution < -0.4 is 42.4 Å². The average molecular weight is 1080 g/mol. The lowest BCUT2D eigenvalue weighted by molar-refractivity contribution is -0.143. The highest BCUT2D eigenvalue weighted by Gasteiger charge is 2.45. The maximum absolute atomic E-state index is 15.4. The van der Waals surface area contributed by atoms with Crippen molar-refractivity contribution in [2.75, 3.05) is 59.0 Å². The molecule has 4 aliphatic rings. The third-order valence-electron chi connectivity index (χ3n) is 15.6. The molecule has 4 aromatic carbocycles. The van der Waals surface area contributed by atoms with E-state index in [2.05, 4.69) is 41.8 Å². The number of rotatable bonds is 15. The number of nitrogens with one attached hydrogen (secondary N) is 7. The summed E-state index contributed by atoms with van der Waals surface area (Å²) >= 11 is 0. The van der Waals surface area contributed by atoms with Gasteiger partial charge in [0.15, 0.2) is 5.78 Å². The van der Waals surface area contributed by atoms with Gasteiger partial charge in [-0.1, -0.05) is 110 Å². The summed E-state index contributed by atoms with van der Waals surface area (Å²) in [6, 6.07) is 26.2. The van der Waals surface area contributed by atoms with Crippen LogP contribution in [0.25, 0.3) is 10.9 Å². The molecule has 4 heterocycles. The van der Waals surface area contributed by atoms with Gasteiger partial charge in [-0.3, -0.25) is 28.8 Å². The largest absolute Gasteiger partial charge is 0.493 e. The maximum Gasteiger partial charge on any atom is 0.407 e. The molecule has 6 amide bonds. The lowest BCUT2D eigenvalue weighted by atomic mass is 9.90. The molecule has 0 radical (unpaired) electrons. The summed E-state index contributed by atoms with van der Waals surface area (Å²) in [5.41, 5.74) is 9.01. The molecule has 0 unspecified atom stereocenters. The van der Waals surface area contributed by atoms with Crippen LogP contribution in [-0.4, -0.2) is 145 Å². The molecule has 418 valence electrons. The molecule has 1 saturated carbocycles. The number of H-pyrrole nitrogens is 1. The highest BCUT2D eigenvalue weighted by Crippen LogP contribution is 2.28. The molecule has 1 aromatic heterocycles. The van der Waals surface area contributed by atoms with Gasteiger partial charge >= 0.3 is 6.09 Å². The van der Waals surface area contributed by atoms with Crippen molar-refractivity contribution in [3.8, 4) is 5.75 Å². The highest BCUT2D eigenvalue weighted by atomic mass is 16.6. The summed E-state index contributed by atoms with van der Waals surface area (Å²) in [7, 11) is 0. The molecule has 3 aliphatic heterocycles. The van der Waals surface area contributed by atoms with Gasteiger partial charge < -0.3 is 61.9 Å². The molecule has 19 nitrogen and oxygen atoms in total. The second-order valence-corrected chi connectivity index (χ2v) is 21.4. The first-order chi connectivity index (χ1) is 38.5. The smallest absolute Gasteiger partial charge is 0.407 e. The van der Waals surface area contributed by atoms with Crippen LogP contribution in [-0.2, 0) is 52.8 Å². The molecule has 7 atom stereocenters. The van der Waals surface area contributed by atoms with Crippen molar-refractivity contribution in [2.45, 2.75) is 101 Å².